The first-order valence-corrected chi connectivity index (χ1v) is 27.3. The highest BCUT2D eigenvalue weighted by molar-refractivity contribution is 7.01. The van der Waals surface area contributed by atoms with Crippen LogP contribution in [0.25, 0.3) is 111 Å². The maximum Gasteiger partial charge on any atom is 0.269 e. The zero-order valence-corrected chi connectivity index (χ0v) is 44.5. The van der Waals surface area contributed by atoms with Gasteiger partial charge < -0.3 is 14.0 Å². The Bertz CT molecular complexity index is 5670. The van der Waals surface area contributed by atoms with Crippen molar-refractivity contribution in [2.45, 2.75) is 26.2 Å². The van der Waals surface area contributed by atoms with Crippen LogP contribution in [0.5, 0.6) is 23.0 Å². The maximum absolute atomic E-state index is 9.13. The van der Waals surface area contributed by atoms with E-state index in [1.54, 1.807) is 22.8 Å². The number of benzene rings is 11. The van der Waals surface area contributed by atoms with Crippen molar-refractivity contribution in [1.29, 1.82) is 0 Å². The second kappa shape index (κ2) is 17.5. The van der Waals surface area contributed by atoms with Gasteiger partial charge in [0, 0.05) is 39.5 Å². The molecule has 8 heteroatoms. The molecule has 0 saturated heterocycles. The van der Waals surface area contributed by atoms with Gasteiger partial charge in [0.1, 0.15) is 28.8 Å². The van der Waals surface area contributed by atoms with Gasteiger partial charge in [-0.3, -0.25) is 13.7 Å². The van der Waals surface area contributed by atoms with E-state index in [4.69, 9.17) is 28.2 Å². The molecule has 4 aromatic heterocycles. The van der Waals surface area contributed by atoms with E-state index in [1.165, 1.54) is 32.5 Å². The number of pyridine rings is 1. The maximum atomic E-state index is 9.13. The fraction of sp³-hybridized carbons (Fsp3) is 0.0541. The zero-order chi connectivity index (χ0) is 63.1. The van der Waals surface area contributed by atoms with E-state index >= 15 is 0 Å². The summed E-state index contributed by atoms with van der Waals surface area (Å²) in [6.07, 6.45) is 5.36. The minimum Gasteiger partial charge on any atom is -0.458 e. The van der Waals surface area contributed by atoms with Crippen molar-refractivity contribution in [3.8, 4) is 68.1 Å². The molecule has 0 saturated carbocycles. The fourth-order valence-electron chi connectivity index (χ4n) is 12.9. The second-order valence-corrected chi connectivity index (χ2v) is 22.1. The number of nitrogens with zero attached hydrogens (tertiary/aromatic N) is 5. The molecule has 0 radical (unpaired) electrons. The van der Waals surface area contributed by atoms with Gasteiger partial charge in [0.15, 0.2) is 0 Å². The van der Waals surface area contributed by atoms with Gasteiger partial charge in [0.05, 0.1) is 58.2 Å². The lowest BCUT2D eigenvalue weighted by Crippen LogP contribution is -2.56. The normalized spacial score (nSPS) is 14.4. The Labute approximate surface area is 487 Å². The third kappa shape index (κ3) is 6.91. The fourth-order valence-corrected chi connectivity index (χ4v) is 12.9. The molecule has 11 aromatic carbocycles. The molecule has 15 aromatic rings. The molecule has 17 rings (SSSR count). The van der Waals surface area contributed by atoms with Gasteiger partial charge in [-0.05, 0) is 140 Å². The number of rotatable bonds is 8. The number of hydrogen-bond donors (Lipinski definition) is 0. The molecule has 0 aliphatic carbocycles. The number of fused-ring (bicyclic) bond motifs is 7. The van der Waals surface area contributed by atoms with Gasteiger partial charge in [-0.15, -0.1) is 0 Å². The van der Waals surface area contributed by atoms with Gasteiger partial charge in [0.2, 0.25) is 0 Å². The number of imidazole rings is 1. The molecular formula is C74H50BN5O2. The van der Waals surface area contributed by atoms with Crippen molar-refractivity contribution < 1.29 is 27.7 Å². The van der Waals surface area contributed by atoms with Crippen LogP contribution in [0.4, 0.5) is 0 Å². The first kappa shape index (κ1) is 37.4. The van der Waals surface area contributed by atoms with E-state index in [2.05, 4.69) is 139 Å². The molecule has 6 heterocycles. The van der Waals surface area contributed by atoms with E-state index in [0.717, 1.165) is 66.9 Å². The van der Waals surface area contributed by atoms with E-state index in [0.29, 0.717) is 28.2 Å². The van der Waals surface area contributed by atoms with Crippen molar-refractivity contribution in [3.63, 3.8) is 0 Å². The number of aromatic nitrogens is 5. The van der Waals surface area contributed by atoms with Gasteiger partial charge in [-0.25, -0.2) is 4.98 Å². The molecule has 0 fully saturated rings. The van der Waals surface area contributed by atoms with E-state index < -0.39 is 60.4 Å². The predicted molar refractivity (Wildman–Crippen MR) is 335 cm³/mol. The number of para-hydroxylation sites is 4. The van der Waals surface area contributed by atoms with Gasteiger partial charge in [0.25, 0.3) is 13.0 Å². The minimum absolute atomic E-state index is 0.0137. The third-order valence-corrected chi connectivity index (χ3v) is 16.5. The molecule has 386 valence electrons. The summed E-state index contributed by atoms with van der Waals surface area (Å²) >= 11 is 0. The summed E-state index contributed by atoms with van der Waals surface area (Å²) in [6.45, 7) is 6.61. The van der Waals surface area contributed by atoms with E-state index in [-0.39, 0.29) is 40.1 Å². The molecule has 2 aliphatic heterocycles. The summed E-state index contributed by atoms with van der Waals surface area (Å²) in [5, 5.41) is 6.91. The first-order chi connectivity index (χ1) is 44.4. The van der Waals surface area contributed by atoms with Crippen LogP contribution in [0.3, 0.4) is 0 Å². The summed E-state index contributed by atoms with van der Waals surface area (Å²) < 4.78 is 110. The highest BCUT2D eigenvalue weighted by atomic mass is 16.5. The SMILES string of the molecule is [2H]c1c([2H])c([2H])c(-c2cccc(-c3c([2H])c([2H])c([2H])c([2H])c3[2H])c2-[n+]2[c-]n(-c3cccc(Oc4ccc5c6cc(-n7c8cccc9c8c8c%10c%11c(ccc%10ccc87)Oc7ccccc7B%119)ccc6n(-c6cc(C(C)(C)C)ccn6)c5c4)c3)c3ccccc32)c([2H])c1[2H]. The molecule has 0 N–H and O–H groups in total. The molecule has 2 aliphatic rings. The molecule has 0 amide bonds. The van der Waals surface area contributed by atoms with Crippen molar-refractivity contribution in [1.82, 2.24) is 18.7 Å². The van der Waals surface area contributed by atoms with E-state index in [9.17, 15) is 0 Å². The Morgan fingerprint density at radius 2 is 1.24 bits per heavy atom. The van der Waals surface area contributed by atoms with Gasteiger partial charge in [-0.2, -0.15) is 0 Å². The Kier molecular flexibility index (Phi) is 8.00. The average molecular weight is 1060 g/mol. The van der Waals surface area contributed by atoms with Crippen LogP contribution in [0.1, 0.15) is 40.0 Å². The van der Waals surface area contributed by atoms with Crippen LogP contribution in [-0.4, -0.2) is 25.4 Å². The largest absolute Gasteiger partial charge is 0.458 e. The smallest absolute Gasteiger partial charge is 0.269 e. The standard InChI is InChI=1S/C74H50BN5O2/c1-74(2,3)49-39-40-76-68(41-49)80-60-37-33-51(79-63-29-16-26-59-70(63)71-64(79)36-31-48-32-38-67-72(69(48)71)75(59)58-25-10-13-30-66(58)82-67)43-57(60)56-35-34-53(44-65(56)80)81-52-22-14-21-50(42-52)77-45-78(62-28-12-11-27-61(62)77)73-54(46-17-6-4-7-18-46)23-15-24-55(73)47-19-8-5-9-20-47/h4-44H,1-3H3/i4D,5D,6D,7D,8D,9D,17D,18D,19D,20D. The summed E-state index contributed by atoms with van der Waals surface area (Å²) in [4.78, 5) is 5.04. The Balaban J connectivity index is 0.816. The summed E-state index contributed by atoms with van der Waals surface area (Å²) in [6, 6.07) is 55.5. The molecular weight excluding hydrogens is 1000 g/mol. The molecule has 0 unspecified atom stereocenters. The summed E-state index contributed by atoms with van der Waals surface area (Å²) in [5.74, 6) is 3.60. The Morgan fingerprint density at radius 1 is 0.537 bits per heavy atom. The average Bonchev–Trinajstić information content (AvgIpc) is 1.44. The van der Waals surface area contributed by atoms with Crippen LogP contribution >= 0.6 is 0 Å². The summed E-state index contributed by atoms with van der Waals surface area (Å²) in [7, 11) is 0. The van der Waals surface area contributed by atoms with Crippen LogP contribution < -0.4 is 30.4 Å². The lowest BCUT2D eigenvalue weighted by atomic mass is 9.33. The topological polar surface area (TPSA) is 50.0 Å². The van der Waals surface area contributed by atoms with Crippen molar-refractivity contribution in [2.24, 2.45) is 0 Å². The molecule has 7 nitrogen and oxygen atoms in total. The molecule has 82 heavy (non-hydrogen) atoms. The third-order valence-electron chi connectivity index (χ3n) is 16.5. The quantitative estimate of drug-likeness (QED) is 0.0866. The molecule has 0 atom stereocenters. The zero-order valence-electron chi connectivity index (χ0n) is 54.5. The summed E-state index contributed by atoms with van der Waals surface area (Å²) in [5.41, 5.74) is 11.7. The molecule has 0 bridgehead atoms. The van der Waals surface area contributed by atoms with Crippen LogP contribution in [-0.2, 0) is 5.41 Å². The number of ether oxygens (including phenoxy) is 2. The highest BCUT2D eigenvalue weighted by Crippen LogP contribution is 2.44. The second-order valence-electron chi connectivity index (χ2n) is 22.1. The molecule has 0 spiro atoms. The Morgan fingerprint density at radius 3 is 2.07 bits per heavy atom. The lowest BCUT2D eigenvalue weighted by molar-refractivity contribution is -0.571. The highest BCUT2D eigenvalue weighted by Gasteiger charge is 2.39. The van der Waals surface area contributed by atoms with Crippen LogP contribution in [0.15, 0.2) is 249 Å². The van der Waals surface area contributed by atoms with Crippen molar-refractivity contribution >= 4 is 88.5 Å². The van der Waals surface area contributed by atoms with E-state index in [1.807, 2.05) is 71.4 Å². The first-order valence-electron chi connectivity index (χ1n) is 32.3. The lowest BCUT2D eigenvalue weighted by Gasteiger charge is -2.30. The van der Waals surface area contributed by atoms with Gasteiger partial charge >= 0.3 is 0 Å². The predicted octanol–water partition coefficient (Wildman–Crippen LogP) is 15.8. The number of hydrogen-bond acceptors (Lipinski definition) is 3. The monoisotopic (exact) mass is 1060 g/mol. The minimum atomic E-state index is -0.572. The van der Waals surface area contributed by atoms with Crippen molar-refractivity contribution in [2.75, 3.05) is 0 Å². The van der Waals surface area contributed by atoms with Crippen LogP contribution in [0.2, 0.25) is 0 Å². The Hall–Kier alpha value is -10.4. The van der Waals surface area contributed by atoms with Crippen molar-refractivity contribution in [3.05, 3.63) is 261 Å². The van der Waals surface area contributed by atoms with Crippen LogP contribution in [0, 0.1) is 6.33 Å². The van der Waals surface area contributed by atoms with Gasteiger partial charge in [-0.1, -0.05) is 178 Å².